The van der Waals surface area contributed by atoms with E-state index in [2.05, 4.69) is 0 Å². The van der Waals surface area contributed by atoms with Crippen LogP contribution in [0.25, 0.3) is 0 Å². The molecule has 2 nitrogen and oxygen atoms in total. The molecule has 2 N–H and O–H groups in total. The molecule has 0 amide bonds. The van der Waals surface area contributed by atoms with Gasteiger partial charge in [0.1, 0.15) is 11.6 Å². The van der Waals surface area contributed by atoms with Crippen LogP contribution in [-0.2, 0) is 6.42 Å². The Morgan fingerprint density at radius 1 is 1.21 bits per heavy atom. The van der Waals surface area contributed by atoms with Crippen molar-refractivity contribution in [2.24, 2.45) is 0 Å². The molecular formula is C16H18FO2+. The topological polar surface area (TPSA) is 32.1 Å². The molecule has 0 saturated carbocycles. The summed E-state index contributed by atoms with van der Waals surface area (Å²) in [5.41, 5.74) is 2.06. The molecule has 0 spiro atoms. The van der Waals surface area contributed by atoms with E-state index in [1.165, 1.54) is 6.07 Å². The predicted octanol–water partition coefficient (Wildman–Crippen LogP) is 3.21. The maximum Gasteiger partial charge on any atom is 0.209 e. The fourth-order valence-corrected chi connectivity index (χ4v) is 2.03. The first-order valence-electron chi connectivity index (χ1n) is 6.29. The molecule has 1 atom stereocenters. The average Bonchev–Trinajstić information content (AvgIpc) is 2.46. The first kappa shape index (κ1) is 13.6. The number of aryl methyl sites for hydroxylation is 1. The van der Waals surface area contributed by atoms with Gasteiger partial charge in [0.2, 0.25) is 6.10 Å². The minimum absolute atomic E-state index is 0.317. The average molecular weight is 261 g/mol. The standard InChI is InChI=1S/C16H17FO2/c1-3-11-7-8-14(15(17)9-11)16(18)12-5-4-6-13(10-12)19-2/h4-10,16,18H,3H2,1-2H3/p+1. The quantitative estimate of drug-likeness (QED) is 0.778. The summed E-state index contributed by atoms with van der Waals surface area (Å²) in [6.07, 6.45) is 0.0555. The van der Waals surface area contributed by atoms with E-state index in [-0.39, 0.29) is 5.82 Å². The molecule has 0 fully saturated rings. The van der Waals surface area contributed by atoms with Crippen molar-refractivity contribution in [1.29, 1.82) is 0 Å². The Bertz CT molecular complexity index is 566. The summed E-state index contributed by atoms with van der Waals surface area (Å²) < 4.78 is 19.1. The molecule has 0 aliphatic heterocycles. The Labute approximate surface area is 112 Å². The summed E-state index contributed by atoms with van der Waals surface area (Å²) >= 11 is 0. The first-order valence-corrected chi connectivity index (χ1v) is 6.29. The van der Waals surface area contributed by atoms with Gasteiger partial charge in [-0.1, -0.05) is 25.1 Å². The largest absolute Gasteiger partial charge is 0.497 e. The molecule has 100 valence electrons. The number of rotatable bonds is 4. The lowest BCUT2D eigenvalue weighted by Crippen LogP contribution is -2.03. The lowest BCUT2D eigenvalue weighted by atomic mass is 9.99. The molecule has 0 radical (unpaired) electrons. The zero-order valence-electron chi connectivity index (χ0n) is 11.1. The number of hydrogen-bond donors (Lipinski definition) is 0. The van der Waals surface area contributed by atoms with Gasteiger partial charge in [-0.3, -0.25) is 0 Å². The van der Waals surface area contributed by atoms with Crippen molar-refractivity contribution < 1.29 is 14.2 Å². The normalized spacial score (nSPS) is 12.2. The van der Waals surface area contributed by atoms with Crippen LogP contribution >= 0.6 is 0 Å². The molecule has 0 aromatic heterocycles. The third kappa shape index (κ3) is 2.93. The van der Waals surface area contributed by atoms with Crippen molar-refractivity contribution in [3.8, 4) is 5.75 Å². The smallest absolute Gasteiger partial charge is 0.209 e. The second-order valence-electron chi connectivity index (χ2n) is 4.42. The maximum atomic E-state index is 14.0. The Kier molecular flexibility index (Phi) is 4.17. The summed E-state index contributed by atoms with van der Waals surface area (Å²) in [4.78, 5) is 0. The van der Waals surface area contributed by atoms with Crippen LogP contribution in [-0.4, -0.2) is 12.2 Å². The Hall–Kier alpha value is -1.87. The van der Waals surface area contributed by atoms with Crippen LogP contribution in [0.1, 0.15) is 29.7 Å². The fraction of sp³-hybridized carbons (Fsp3) is 0.250. The maximum absolute atomic E-state index is 14.0. The van der Waals surface area contributed by atoms with E-state index in [4.69, 9.17) is 9.84 Å². The van der Waals surface area contributed by atoms with Crippen LogP contribution in [0.4, 0.5) is 4.39 Å². The zero-order chi connectivity index (χ0) is 13.8. The van der Waals surface area contributed by atoms with Gasteiger partial charge in [-0.25, -0.2) is 4.39 Å². The second-order valence-corrected chi connectivity index (χ2v) is 4.42. The molecule has 0 saturated heterocycles. The van der Waals surface area contributed by atoms with E-state index in [0.29, 0.717) is 11.3 Å². The summed E-state index contributed by atoms with van der Waals surface area (Å²) in [6, 6.07) is 12.3. The summed E-state index contributed by atoms with van der Waals surface area (Å²) in [7, 11) is 1.58. The molecular weight excluding hydrogens is 243 g/mol. The van der Waals surface area contributed by atoms with Gasteiger partial charge in [-0.15, -0.1) is 0 Å². The lowest BCUT2D eigenvalue weighted by molar-refractivity contribution is 0.214. The third-order valence-electron chi connectivity index (χ3n) is 3.21. The van der Waals surface area contributed by atoms with Crippen LogP contribution in [0.15, 0.2) is 42.5 Å². The first-order chi connectivity index (χ1) is 9.15. The third-order valence-corrected chi connectivity index (χ3v) is 3.21. The van der Waals surface area contributed by atoms with E-state index in [1.807, 2.05) is 31.2 Å². The molecule has 2 rings (SSSR count). The van der Waals surface area contributed by atoms with E-state index in [0.717, 1.165) is 17.5 Å². The van der Waals surface area contributed by atoms with Gasteiger partial charge < -0.3 is 9.84 Å². The van der Waals surface area contributed by atoms with E-state index in [9.17, 15) is 4.39 Å². The van der Waals surface area contributed by atoms with Crippen LogP contribution in [0.3, 0.4) is 0 Å². The van der Waals surface area contributed by atoms with E-state index < -0.39 is 6.10 Å². The zero-order valence-corrected chi connectivity index (χ0v) is 11.1. The summed E-state index contributed by atoms with van der Waals surface area (Å²) in [5, 5.41) is 8.20. The van der Waals surface area contributed by atoms with Crippen molar-refractivity contribution >= 4 is 0 Å². The second kappa shape index (κ2) is 5.85. The molecule has 0 bridgehead atoms. The Morgan fingerprint density at radius 3 is 2.63 bits per heavy atom. The number of halogens is 1. The monoisotopic (exact) mass is 261 g/mol. The van der Waals surface area contributed by atoms with Gasteiger partial charge in [0.25, 0.3) is 0 Å². The molecule has 3 heteroatoms. The van der Waals surface area contributed by atoms with Gasteiger partial charge in [0.05, 0.1) is 12.7 Å². The van der Waals surface area contributed by atoms with Crippen molar-refractivity contribution in [3.63, 3.8) is 0 Å². The molecule has 0 aliphatic rings. The van der Waals surface area contributed by atoms with Gasteiger partial charge >= 0.3 is 0 Å². The van der Waals surface area contributed by atoms with Gasteiger partial charge in [-0.2, -0.15) is 0 Å². The van der Waals surface area contributed by atoms with Crippen molar-refractivity contribution in [1.82, 2.24) is 0 Å². The van der Waals surface area contributed by atoms with Crippen LogP contribution in [0, 0.1) is 5.82 Å². The minimum atomic E-state index is -0.735. The van der Waals surface area contributed by atoms with Crippen LogP contribution in [0.5, 0.6) is 5.75 Å². The Balaban J connectivity index is 2.35. The highest BCUT2D eigenvalue weighted by molar-refractivity contribution is 5.36. The highest BCUT2D eigenvalue weighted by Gasteiger charge is 2.19. The fourth-order valence-electron chi connectivity index (χ4n) is 2.03. The SMILES string of the molecule is CCc1ccc(C([OH2+])c2cccc(OC)c2)c(F)c1. The number of benzene rings is 2. The number of methoxy groups -OCH3 is 1. The van der Waals surface area contributed by atoms with E-state index in [1.54, 1.807) is 19.2 Å². The number of hydrogen-bond acceptors (Lipinski definition) is 1. The summed E-state index contributed by atoms with van der Waals surface area (Å²) in [6.45, 7) is 1.98. The lowest BCUT2D eigenvalue weighted by Gasteiger charge is -2.11. The van der Waals surface area contributed by atoms with Crippen LogP contribution < -0.4 is 4.74 Å². The van der Waals surface area contributed by atoms with Gasteiger partial charge in [0.15, 0.2) is 0 Å². The van der Waals surface area contributed by atoms with E-state index >= 15 is 0 Å². The predicted molar refractivity (Wildman–Crippen MR) is 74.2 cm³/mol. The molecule has 19 heavy (non-hydrogen) atoms. The number of ether oxygens (including phenoxy) is 1. The molecule has 2 aromatic rings. The molecule has 1 unspecified atom stereocenters. The van der Waals surface area contributed by atoms with Crippen LogP contribution in [0.2, 0.25) is 0 Å². The molecule has 2 aromatic carbocycles. The molecule has 0 aliphatic carbocycles. The summed E-state index contributed by atoms with van der Waals surface area (Å²) in [5.74, 6) is 0.363. The Morgan fingerprint density at radius 2 is 2.00 bits per heavy atom. The van der Waals surface area contributed by atoms with Crippen molar-refractivity contribution in [2.75, 3.05) is 7.11 Å². The highest BCUT2D eigenvalue weighted by atomic mass is 19.1. The molecule has 0 heterocycles. The minimum Gasteiger partial charge on any atom is -0.497 e. The van der Waals surface area contributed by atoms with Gasteiger partial charge in [0, 0.05) is 5.56 Å². The van der Waals surface area contributed by atoms with Gasteiger partial charge in [-0.05, 0) is 36.2 Å². The highest BCUT2D eigenvalue weighted by Crippen LogP contribution is 2.27. The van der Waals surface area contributed by atoms with Crippen molar-refractivity contribution in [2.45, 2.75) is 19.4 Å². The van der Waals surface area contributed by atoms with Crippen molar-refractivity contribution in [3.05, 3.63) is 65.0 Å².